The Hall–Kier alpha value is -1.42. The minimum Gasteiger partial charge on any atom is -0.396 e. The molecular weight excluding hydrogens is 305 g/mol. The summed E-state index contributed by atoms with van der Waals surface area (Å²) in [4.78, 5) is 2.19. The number of nitrogens with one attached hydrogen (secondary N) is 1. The van der Waals surface area contributed by atoms with Crippen LogP contribution in [0, 0.1) is 0 Å². The summed E-state index contributed by atoms with van der Waals surface area (Å²) in [5.41, 5.74) is 9.57. The second-order valence-electron chi connectivity index (χ2n) is 5.09. The van der Waals surface area contributed by atoms with Gasteiger partial charge >= 0.3 is 0 Å². The van der Waals surface area contributed by atoms with Crippen LogP contribution in [0.5, 0.6) is 0 Å². The molecule has 21 heavy (non-hydrogen) atoms. The van der Waals surface area contributed by atoms with E-state index >= 15 is 0 Å². The van der Waals surface area contributed by atoms with Crippen LogP contribution in [0.2, 0.25) is 10.0 Å². The van der Waals surface area contributed by atoms with Gasteiger partial charge in [-0.3, -0.25) is 0 Å². The van der Waals surface area contributed by atoms with Gasteiger partial charge in [-0.2, -0.15) is 0 Å². The number of benzene rings is 2. The van der Waals surface area contributed by atoms with Gasteiger partial charge in [0.2, 0.25) is 0 Å². The molecule has 0 unspecified atom stereocenters. The van der Waals surface area contributed by atoms with E-state index in [1.807, 2.05) is 36.4 Å². The number of hydrogen-bond donors (Lipinski definition) is 2. The number of rotatable bonds is 2. The Balaban J connectivity index is 2.07. The molecule has 1 heterocycles. The highest BCUT2D eigenvalue weighted by atomic mass is 35.5. The fourth-order valence-corrected chi connectivity index (χ4v) is 3.26. The van der Waals surface area contributed by atoms with Gasteiger partial charge in [-0.15, -0.1) is 0 Å². The van der Waals surface area contributed by atoms with Crippen LogP contribution in [0.25, 0.3) is 11.1 Å². The summed E-state index contributed by atoms with van der Waals surface area (Å²) in [6.07, 6.45) is 0. The van der Waals surface area contributed by atoms with E-state index < -0.39 is 0 Å². The summed E-state index contributed by atoms with van der Waals surface area (Å²) in [7, 11) is 0. The lowest BCUT2D eigenvalue weighted by Crippen LogP contribution is -2.44. The normalized spacial score (nSPS) is 15.2. The number of nitrogens with two attached hydrogens (primary N) is 1. The van der Waals surface area contributed by atoms with Crippen LogP contribution < -0.4 is 16.0 Å². The summed E-state index contributed by atoms with van der Waals surface area (Å²) in [5, 5.41) is 4.54. The average Bonchev–Trinajstić information content (AvgIpc) is 2.53. The van der Waals surface area contributed by atoms with E-state index in [4.69, 9.17) is 28.9 Å². The van der Waals surface area contributed by atoms with Gasteiger partial charge in [0, 0.05) is 31.7 Å². The van der Waals surface area contributed by atoms with Crippen molar-refractivity contribution in [1.82, 2.24) is 5.32 Å². The van der Waals surface area contributed by atoms with Crippen molar-refractivity contribution in [2.45, 2.75) is 0 Å². The molecule has 2 aromatic carbocycles. The fraction of sp³-hybridized carbons (Fsp3) is 0.250. The van der Waals surface area contributed by atoms with Crippen LogP contribution in [-0.2, 0) is 0 Å². The average molecular weight is 322 g/mol. The standard InChI is InChI=1S/C16H17Cl2N3/c17-13-10-12(11-4-2-1-3-5-11)14(18)15(19)16(13)21-8-6-20-7-9-21/h1-5,10,20H,6-9,19H2. The first kappa shape index (κ1) is 14.5. The zero-order valence-electron chi connectivity index (χ0n) is 11.6. The lowest BCUT2D eigenvalue weighted by molar-refractivity contribution is 0.590. The molecule has 1 fully saturated rings. The van der Waals surface area contributed by atoms with Gasteiger partial charge in [-0.05, 0) is 11.6 Å². The second kappa shape index (κ2) is 6.14. The summed E-state index contributed by atoms with van der Waals surface area (Å²) < 4.78 is 0. The zero-order chi connectivity index (χ0) is 14.8. The zero-order valence-corrected chi connectivity index (χ0v) is 13.1. The number of hydrogen-bond acceptors (Lipinski definition) is 3. The van der Waals surface area contributed by atoms with E-state index in [-0.39, 0.29) is 0 Å². The number of nitrogens with zero attached hydrogens (tertiary/aromatic N) is 1. The van der Waals surface area contributed by atoms with E-state index in [1.54, 1.807) is 0 Å². The molecule has 3 N–H and O–H groups in total. The molecule has 1 aliphatic heterocycles. The predicted molar refractivity (Wildman–Crippen MR) is 91.4 cm³/mol. The number of halogens is 2. The molecule has 3 nitrogen and oxygen atoms in total. The maximum Gasteiger partial charge on any atom is 0.0806 e. The lowest BCUT2D eigenvalue weighted by atomic mass is 10.0. The van der Waals surface area contributed by atoms with Gasteiger partial charge in [-0.25, -0.2) is 0 Å². The minimum atomic E-state index is 0.560. The smallest absolute Gasteiger partial charge is 0.0806 e. The van der Waals surface area contributed by atoms with Crippen molar-refractivity contribution in [2.24, 2.45) is 0 Å². The van der Waals surface area contributed by atoms with E-state index in [9.17, 15) is 0 Å². The first-order chi connectivity index (χ1) is 10.2. The highest BCUT2D eigenvalue weighted by Crippen LogP contribution is 2.43. The SMILES string of the molecule is Nc1c(Cl)c(-c2ccccc2)cc(Cl)c1N1CCNCC1. The van der Waals surface area contributed by atoms with Crippen molar-refractivity contribution in [3.63, 3.8) is 0 Å². The molecule has 0 radical (unpaired) electrons. The van der Waals surface area contributed by atoms with Crippen molar-refractivity contribution in [2.75, 3.05) is 36.8 Å². The molecule has 0 aliphatic carbocycles. The monoisotopic (exact) mass is 321 g/mol. The molecule has 2 aromatic rings. The van der Waals surface area contributed by atoms with Crippen LogP contribution in [0.3, 0.4) is 0 Å². The number of piperazine rings is 1. The fourth-order valence-electron chi connectivity index (χ4n) is 2.67. The van der Waals surface area contributed by atoms with Crippen molar-refractivity contribution in [1.29, 1.82) is 0 Å². The van der Waals surface area contributed by atoms with Crippen LogP contribution >= 0.6 is 23.2 Å². The third-order valence-electron chi connectivity index (χ3n) is 3.74. The molecule has 0 aromatic heterocycles. The van der Waals surface area contributed by atoms with Gasteiger partial charge in [0.15, 0.2) is 0 Å². The Morgan fingerprint density at radius 1 is 1.05 bits per heavy atom. The Morgan fingerprint density at radius 2 is 1.71 bits per heavy atom. The summed E-state index contributed by atoms with van der Waals surface area (Å²) >= 11 is 13.0. The van der Waals surface area contributed by atoms with E-state index in [1.165, 1.54) is 0 Å². The Kier molecular flexibility index (Phi) is 4.24. The van der Waals surface area contributed by atoms with Gasteiger partial charge in [0.05, 0.1) is 21.4 Å². The number of nitrogen functional groups attached to an aromatic ring is 1. The minimum absolute atomic E-state index is 0.560. The molecule has 1 saturated heterocycles. The Morgan fingerprint density at radius 3 is 2.38 bits per heavy atom. The molecular formula is C16H17Cl2N3. The van der Waals surface area contributed by atoms with Crippen LogP contribution in [0.1, 0.15) is 0 Å². The predicted octanol–water partition coefficient (Wildman–Crippen LogP) is 3.65. The number of anilines is 2. The summed E-state index contributed by atoms with van der Waals surface area (Å²) in [6.45, 7) is 3.61. The topological polar surface area (TPSA) is 41.3 Å². The van der Waals surface area contributed by atoms with Gasteiger partial charge in [0.1, 0.15) is 0 Å². The lowest BCUT2D eigenvalue weighted by Gasteiger charge is -2.31. The molecule has 5 heteroatoms. The second-order valence-corrected chi connectivity index (χ2v) is 5.87. The van der Waals surface area contributed by atoms with Gasteiger partial charge in [-0.1, -0.05) is 53.5 Å². The van der Waals surface area contributed by atoms with E-state index in [0.717, 1.165) is 43.0 Å². The molecule has 110 valence electrons. The van der Waals surface area contributed by atoms with Gasteiger partial charge in [0.25, 0.3) is 0 Å². The highest BCUT2D eigenvalue weighted by Gasteiger charge is 2.21. The van der Waals surface area contributed by atoms with Crippen LogP contribution in [-0.4, -0.2) is 26.2 Å². The Bertz CT molecular complexity index is 638. The van der Waals surface area contributed by atoms with Crippen LogP contribution in [0.4, 0.5) is 11.4 Å². The molecule has 0 atom stereocenters. The largest absolute Gasteiger partial charge is 0.396 e. The quantitative estimate of drug-likeness (QED) is 0.829. The summed E-state index contributed by atoms with van der Waals surface area (Å²) in [6, 6.07) is 11.8. The molecule has 0 spiro atoms. The highest BCUT2D eigenvalue weighted by molar-refractivity contribution is 6.40. The molecule has 1 aliphatic rings. The van der Waals surface area contributed by atoms with Crippen molar-refractivity contribution in [3.8, 4) is 11.1 Å². The van der Waals surface area contributed by atoms with E-state index in [0.29, 0.717) is 15.7 Å². The van der Waals surface area contributed by atoms with Crippen molar-refractivity contribution >= 4 is 34.6 Å². The van der Waals surface area contributed by atoms with Crippen molar-refractivity contribution < 1.29 is 0 Å². The Labute approximate surface area is 134 Å². The molecule has 0 amide bonds. The molecule has 3 rings (SSSR count). The van der Waals surface area contributed by atoms with E-state index in [2.05, 4.69) is 10.2 Å². The maximum absolute atomic E-state index is 6.50. The summed E-state index contributed by atoms with van der Waals surface area (Å²) in [5.74, 6) is 0. The maximum atomic E-state index is 6.50. The molecule has 0 saturated carbocycles. The molecule has 0 bridgehead atoms. The first-order valence-corrected chi connectivity index (χ1v) is 7.72. The first-order valence-electron chi connectivity index (χ1n) is 6.97. The third-order valence-corrected chi connectivity index (χ3v) is 4.44. The van der Waals surface area contributed by atoms with Gasteiger partial charge < -0.3 is 16.0 Å². The third kappa shape index (κ3) is 2.82. The van der Waals surface area contributed by atoms with Crippen LogP contribution in [0.15, 0.2) is 36.4 Å². The van der Waals surface area contributed by atoms with Crippen molar-refractivity contribution in [3.05, 3.63) is 46.4 Å².